The Morgan fingerprint density at radius 1 is 1.19 bits per heavy atom. The van der Waals surface area contributed by atoms with Crippen LogP contribution >= 0.6 is 0 Å². The van der Waals surface area contributed by atoms with Gasteiger partial charge in [-0.05, 0) is 25.0 Å². The lowest BCUT2D eigenvalue weighted by Crippen LogP contribution is -2.40. The molecule has 1 fully saturated rings. The molecular weight excluding hydrogens is 370 g/mol. The van der Waals surface area contributed by atoms with Gasteiger partial charge < -0.3 is 18.8 Å². The summed E-state index contributed by atoms with van der Waals surface area (Å²) in [4.78, 5) is 4.29. The number of sulfonamides is 1. The minimum Gasteiger partial charge on any atom is -0.490 e. The Bertz CT molecular complexity index is 911. The van der Waals surface area contributed by atoms with Crippen LogP contribution in [0.5, 0.6) is 11.5 Å². The number of ether oxygens (including phenoxy) is 3. The molecule has 9 heteroatoms. The molecule has 0 amide bonds. The highest BCUT2D eigenvalue weighted by molar-refractivity contribution is 7.89. The molecule has 4 rings (SSSR count). The Morgan fingerprint density at radius 2 is 2.00 bits per heavy atom. The van der Waals surface area contributed by atoms with E-state index in [0.717, 1.165) is 12.1 Å². The van der Waals surface area contributed by atoms with Crippen molar-refractivity contribution in [3.63, 3.8) is 0 Å². The van der Waals surface area contributed by atoms with Crippen LogP contribution in [0.25, 0.3) is 0 Å². The lowest BCUT2D eigenvalue weighted by Gasteiger charge is -2.30. The highest BCUT2D eigenvalue weighted by atomic mass is 32.2. The van der Waals surface area contributed by atoms with E-state index in [0.29, 0.717) is 44.2 Å². The van der Waals surface area contributed by atoms with Gasteiger partial charge in [-0.2, -0.15) is 0 Å². The molecule has 1 saturated heterocycles. The molecule has 2 aliphatic rings. The number of nitrogens with one attached hydrogen (secondary N) is 1. The SMILES string of the molecule is Cn1cncc1C1CC(NS(=O)(=O)c2ccc3c(c2)OCCCO3)CCO1. The fourth-order valence-corrected chi connectivity index (χ4v) is 4.68. The van der Waals surface area contributed by atoms with E-state index in [2.05, 4.69) is 9.71 Å². The summed E-state index contributed by atoms with van der Waals surface area (Å²) in [6.07, 6.45) is 5.24. The number of aromatic nitrogens is 2. The largest absolute Gasteiger partial charge is 0.490 e. The summed E-state index contributed by atoms with van der Waals surface area (Å²) in [6, 6.07) is 4.52. The third kappa shape index (κ3) is 3.95. The Labute approximate surface area is 158 Å². The molecule has 2 aliphatic heterocycles. The number of fused-ring (bicyclic) bond motifs is 1. The van der Waals surface area contributed by atoms with Gasteiger partial charge in [-0.15, -0.1) is 0 Å². The molecule has 146 valence electrons. The zero-order chi connectivity index (χ0) is 18.9. The van der Waals surface area contributed by atoms with Crippen LogP contribution in [0.2, 0.25) is 0 Å². The average molecular weight is 393 g/mol. The van der Waals surface area contributed by atoms with Gasteiger partial charge in [0.1, 0.15) is 6.10 Å². The molecule has 27 heavy (non-hydrogen) atoms. The highest BCUT2D eigenvalue weighted by Gasteiger charge is 2.29. The Balaban J connectivity index is 1.49. The minimum atomic E-state index is -3.67. The van der Waals surface area contributed by atoms with Crippen LogP contribution in [0.15, 0.2) is 35.6 Å². The van der Waals surface area contributed by atoms with E-state index in [9.17, 15) is 8.42 Å². The summed E-state index contributed by atoms with van der Waals surface area (Å²) in [5.74, 6) is 1.05. The van der Waals surface area contributed by atoms with Crippen LogP contribution in [0.4, 0.5) is 0 Å². The number of hydrogen-bond donors (Lipinski definition) is 1. The normalized spacial score (nSPS) is 23.0. The summed E-state index contributed by atoms with van der Waals surface area (Å²) < 4.78 is 47.4. The zero-order valence-electron chi connectivity index (χ0n) is 15.1. The van der Waals surface area contributed by atoms with Crippen molar-refractivity contribution in [2.45, 2.75) is 36.3 Å². The van der Waals surface area contributed by atoms with E-state index in [1.807, 2.05) is 11.6 Å². The molecule has 1 aromatic heterocycles. The van der Waals surface area contributed by atoms with Crippen LogP contribution in [0, 0.1) is 0 Å². The summed E-state index contributed by atoms with van der Waals surface area (Å²) in [6.45, 7) is 1.56. The van der Waals surface area contributed by atoms with Gasteiger partial charge in [-0.3, -0.25) is 0 Å². The summed E-state index contributed by atoms with van der Waals surface area (Å²) >= 11 is 0. The van der Waals surface area contributed by atoms with Crippen LogP contribution < -0.4 is 14.2 Å². The first kappa shape index (κ1) is 18.3. The fraction of sp³-hybridized carbons (Fsp3) is 0.500. The van der Waals surface area contributed by atoms with E-state index >= 15 is 0 Å². The molecular formula is C18H23N3O5S. The first-order valence-corrected chi connectivity index (χ1v) is 10.5. The van der Waals surface area contributed by atoms with E-state index < -0.39 is 10.0 Å². The van der Waals surface area contributed by atoms with Crippen LogP contribution in [-0.2, 0) is 21.8 Å². The molecule has 0 aliphatic carbocycles. The molecule has 0 bridgehead atoms. The number of nitrogens with zero attached hydrogens (tertiary/aromatic N) is 2. The molecule has 8 nitrogen and oxygen atoms in total. The van der Waals surface area contributed by atoms with Gasteiger partial charge in [0.15, 0.2) is 11.5 Å². The van der Waals surface area contributed by atoms with E-state index in [1.54, 1.807) is 24.7 Å². The quantitative estimate of drug-likeness (QED) is 0.851. The van der Waals surface area contributed by atoms with Crippen LogP contribution in [0.3, 0.4) is 0 Å². The lowest BCUT2D eigenvalue weighted by molar-refractivity contribution is -0.0000453. The number of aryl methyl sites for hydroxylation is 1. The summed E-state index contributed by atoms with van der Waals surface area (Å²) in [5, 5.41) is 0. The molecule has 2 unspecified atom stereocenters. The maximum atomic E-state index is 12.9. The zero-order valence-corrected chi connectivity index (χ0v) is 15.9. The van der Waals surface area contributed by atoms with Crippen molar-refractivity contribution >= 4 is 10.0 Å². The number of benzene rings is 1. The van der Waals surface area contributed by atoms with Crippen molar-refractivity contribution in [3.05, 3.63) is 36.4 Å². The van der Waals surface area contributed by atoms with Crippen molar-refractivity contribution in [1.29, 1.82) is 0 Å². The third-order valence-electron chi connectivity index (χ3n) is 4.82. The van der Waals surface area contributed by atoms with Gasteiger partial charge in [0.2, 0.25) is 10.0 Å². The second-order valence-electron chi connectivity index (χ2n) is 6.79. The predicted molar refractivity (Wildman–Crippen MR) is 97.3 cm³/mol. The molecule has 1 aromatic carbocycles. The van der Waals surface area contributed by atoms with Crippen molar-refractivity contribution in [2.75, 3.05) is 19.8 Å². The maximum absolute atomic E-state index is 12.9. The Kier molecular flexibility index (Phi) is 5.07. The first-order valence-electron chi connectivity index (χ1n) is 9.03. The summed E-state index contributed by atoms with van der Waals surface area (Å²) in [7, 11) is -1.77. The average Bonchev–Trinajstić information content (AvgIpc) is 2.94. The van der Waals surface area contributed by atoms with Gasteiger partial charge in [-0.1, -0.05) is 0 Å². The molecule has 1 N–H and O–H groups in total. The van der Waals surface area contributed by atoms with Gasteiger partial charge >= 0.3 is 0 Å². The molecule has 0 radical (unpaired) electrons. The summed E-state index contributed by atoms with van der Waals surface area (Å²) in [5.41, 5.74) is 0.939. The molecule has 2 atom stereocenters. The standard InChI is InChI=1S/C18H23N3O5S/c1-21-12-19-11-15(21)17-9-13(5-8-26-17)20-27(22,23)14-3-4-16-18(10-14)25-7-2-6-24-16/h3-4,10-13,17,20H,2,5-9H2,1H3. The number of hydrogen-bond acceptors (Lipinski definition) is 6. The van der Waals surface area contributed by atoms with Crippen molar-refractivity contribution in [1.82, 2.24) is 14.3 Å². The number of imidazole rings is 1. The topological polar surface area (TPSA) is 91.7 Å². The van der Waals surface area contributed by atoms with Gasteiger partial charge in [-0.25, -0.2) is 18.1 Å². The first-order chi connectivity index (χ1) is 13.0. The van der Waals surface area contributed by atoms with Crippen molar-refractivity contribution in [2.24, 2.45) is 7.05 Å². The minimum absolute atomic E-state index is 0.176. The van der Waals surface area contributed by atoms with Crippen molar-refractivity contribution < 1.29 is 22.6 Å². The highest BCUT2D eigenvalue weighted by Crippen LogP contribution is 2.33. The second kappa shape index (κ2) is 7.49. The number of rotatable bonds is 4. The fourth-order valence-electron chi connectivity index (χ4n) is 3.39. The second-order valence-corrected chi connectivity index (χ2v) is 8.50. The monoisotopic (exact) mass is 393 g/mol. The van der Waals surface area contributed by atoms with Gasteiger partial charge in [0.25, 0.3) is 0 Å². The Hall–Kier alpha value is -2.10. The van der Waals surface area contributed by atoms with Gasteiger partial charge in [0, 0.05) is 32.2 Å². The van der Waals surface area contributed by atoms with E-state index in [1.165, 1.54) is 6.07 Å². The maximum Gasteiger partial charge on any atom is 0.240 e. The van der Waals surface area contributed by atoms with Crippen LogP contribution in [0.1, 0.15) is 31.1 Å². The smallest absolute Gasteiger partial charge is 0.240 e. The van der Waals surface area contributed by atoms with E-state index in [4.69, 9.17) is 14.2 Å². The lowest BCUT2D eigenvalue weighted by atomic mass is 10.0. The molecule has 0 saturated carbocycles. The third-order valence-corrected chi connectivity index (χ3v) is 6.34. The Morgan fingerprint density at radius 3 is 2.78 bits per heavy atom. The van der Waals surface area contributed by atoms with Crippen LogP contribution in [-0.4, -0.2) is 43.8 Å². The van der Waals surface area contributed by atoms with E-state index in [-0.39, 0.29) is 17.0 Å². The predicted octanol–water partition coefficient (Wildman–Crippen LogP) is 1.78. The van der Waals surface area contributed by atoms with Gasteiger partial charge in [0.05, 0.1) is 36.3 Å². The van der Waals surface area contributed by atoms with Crippen molar-refractivity contribution in [3.8, 4) is 11.5 Å². The molecule has 3 heterocycles. The molecule has 0 spiro atoms. The molecule has 2 aromatic rings.